The van der Waals surface area contributed by atoms with Crippen LogP contribution in [0.5, 0.6) is 0 Å². The molecule has 0 saturated carbocycles. The molecule has 3 unspecified atom stereocenters. The van der Waals surface area contributed by atoms with Crippen molar-refractivity contribution in [1.29, 1.82) is 0 Å². The molecule has 1 heterocycles. The summed E-state index contributed by atoms with van der Waals surface area (Å²) < 4.78 is 22.1. The molecule has 0 aliphatic heterocycles. The molecule has 0 radical (unpaired) electrons. The molecule has 0 fully saturated rings. The summed E-state index contributed by atoms with van der Waals surface area (Å²) in [7, 11) is -0.887. The molecule has 2 rings (SSSR count). The maximum absolute atomic E-state index is 12.2. The van der Waals surface area contributed by atoms with E-state index in [2.05, 4.69) is 4.98 Å². The van der Waals surface area contributed by atoms with E-state index in [1.165, 1.54) is 19.4 Å². The molecule has 1 aromatic carbocycles. The first-order valence-electron chi connectivity index (χ1n) is 9.80. The number of benzene rings is 1. The van der Waals surface area contributed by atoms with Crippen LogP contribution >= 0.6 is 8.60 Å². The largest absolute Gasteiger partial charge is 0.459 e. The third-order valence-electron chi connectivity index (χ3n) is 4.26. The van der Waals surface area contributed by atoms with Crippen molar-refractivity contribution in [3.8, 4) is 0 Å². The number of aromatic nitrogens is 2. The van der Waals surface area contributed by atoms with Crippen molar-refractivity contribution in [2.75, 3.05) is 19.5 Å². The minimum absolute atomic E-state index is 0.00491. The van der Waals surface area contributed by atoms with E-state index in [0.717, 1.165) is 4.57 Å². The minimum Gasteiger partial charge on any atom is -0.459 e. The lowest BCUT2D eigenvalue weighted by Gasteiger charge is -2.21. The van der Waals surface area contributed by atoms with Crippen LogP contribution in [0.2, 0.25) is 0 Å². The molecule has 4 N–H and O–H groups in total. The Balaban J connectivity index is 1.87. The van der Waals surface area contributed by atoms with Crippen LogP contribution in [-0.4, -0.2) is 51.4 Å². The zero-order valence-corrected chi connectivity index (χ0v) is 19.0. The normalized spacial score (nSPS) is 14.2. The van der Waals surface area contributed by atoms with Gasteiger partial charge in [0.1, 0.15) is 12.0 Å². The number of methoxy groups -OCH3 is 1. The maximum atomic E-state index is 12.2. The molecule has 0 amide bonds. The summed E-state index contributed by atoms with van der Waals surface area (Å²) in [6.07, 6.45) is -0.824. The SMILES string of the molecule is COC(COP(O)OCc1ccccc1C(=O)OC(C)C)CC(O)n1ccc(N)nc1=O. The number of aliphatic hydroxyl groups is 1. The van der Waals surface area contributed by atoms with E-state index in [9.17, 15) is 19.6 Å². The van der Waals surface area contributed by atoms with E-state index < -0.39 is 32.6 Å². The van der Waals surface area contributed by atoms with Crippen LogP contribution in [0.25, 0.3) is 0 Å². The number of aliphatic hydroxyl groups excluding tert-OH is 1. The Kier molecular flexibility index (Phi) is 10.2. The van der Waals surface area contributed by atoms with Crippen molar-refractivity contribution < 1.29 is 33.3 Å². The summed E-state index contributed by atoms with van der Waals surface area (Å²) in [5, 5.41) is 10.3. The number of esters is 1. The Labute approximate surface area is 186 Å². The molecular formula is C20H28N3O8P. The lowest BCUT2D eigenvalue weighted by molar-refractivity contribution is -0.0124. The van der Waals surface area contributed by atoms with Crippen LogP contribution < -0.4 is 11.4 Å². The smallest absolute Gasteiger partial charge is 0.351 e. The van der Waals surface area contributed by atoms with Crippen molar-refractivity contribution in [2.45, 2.75) is 45.3 Å². The zero-order valence-electron chi connectivity index (χ0n) is 18.1. The summed E-state index contributed by atoms with van der Waals surface area (Å²) >= 11 is 0. The molecule has 0 saturated heterocycles. The van der Waals surface area contributed by atoms with Crippen molar-refractivity contribution >= 4 is 20.4 Å². The molecule has 3 atom stereocenters. The quantitative estimate of drug-likeness (QED) is 0.309. The zero-order chi connectivity index (χ0) is 23.7. The topological polar surface area (TPSA) is 155 Å². The maximum Gasteiger partial charge on any atom is 0.351 e. The van der Waals surface area contributed by atoms with Crippen LogP contribution in [0.4, 0.5) is 5.82 Å². The molecule has 1 aromatic heterocycles. The summed E-state index contributed by atoms with van der Waals surface area (Å²) in [5.41, 5.74) is 5.62. The van der Waals surface area contributed by atoms with Crippen LogP contribution in [0.1, 0.15) is 42.4 Å². The Bertz CT molecular complexity index is 939. The van der Waals surface area contributed by atoms with Gasteiger partial charge in [0, 0.05) is 19.7 Å². The number of hydrogen-bond donors (Lipinski definition) is 3. The van der Waals surface area contributed by atoms with Crippen molar-refractivity contribution in [3.63, 3.8) is 0 Å². The fourth-order valence-corrected chi connectivity index (χ4v) is 3.28. The van der Waals surface area contributed by atoms with Crippen molar-refractivity contribution in [1.82, 2.24) is 9.55 Å². The average Bonchev–Trinajstić information content (AvgIpc) is 2.74. The van der Waals surface area contributed by atoms with Gasteiger partial charge in [-0.05, 0) is 31.5 Å². The summed E-state index contributed by atoms with van der Waals surface area (Å²) in [6, 6.07) is 8.13. The molecule has 2 aromatic rings. The Morgan fingerprint density at radius 2 is 1.97 bits per heavy atom. The highest BCUT2D eigenvalue weighted by atomic mass is 31.2. The molecule has 0 spiro atoms. The average molecular weight is 469 g/mol. The van der Waals surface area contributed by atoms with Gasteiger partial charge in [-0.3, -0.25) is 4.57 Å². The summed E-state index contributed by atoms with van der Waals surface area (Å²) in [5.74, 6) is -0.435. The molecular weight excluding hydrogens is 441 g/mol. The predicted octanol–water partition coefficient (Wildman–Crippen LogP) is 1.74. The summed E-state index contributed by atoms with van der Waals surface area (Å²) in [4.78, 5) is 37.6. The second kappa shape index (κ2) is 12.6. The van der Waals surface area contributed by atoms with Gasteiger partial charge in [0.25, 0.3) is 0 Å². The lowest BCUT2D eigenvalue weighted by atomic mass is 10.1. The number of nitrogens with two attached hydrogens (primary N) is 1. The van der Waals surface area contributed by atoms with Gasteiger partial charge in [0.05, 0.1) is 31.0 Å². The first kappa shape index (κ1) is 25.9. The van der Waals surface area contributed by atoms with Crippen LogP contribution in [-0.2, 0) is 25.1 Å². The first-order chi connectivity index (χ1) is 15.2. The number of nitrogen functional groups attached to an aromatic ring is 1. The van der Waals surface area contributed by atoms with Gasteiger partial charge in [-0.15, -0.1) is 0 Å². The first-order valence-corrected chi connectivity index (χ1v) is 10.9. The highest BCUT2D eigenvalue weighted by molar-refractivity contribution is 7.40. The van der Waals surface area contributed by atoms with Gasteiger partial charge in [-0.2, -0.15) is 4.98 Å². The van der Waals surface area contributed by atoms with Gasteiger partial charge in [0.2, 0.25) is 0 Å². The monoisotopic (exact) mass is 469 g/mol. The minimum atomic E-state index is -2.29. The van der Waals surface area contributed by atoms with Gasteiger partial charge in [0.15, 0.2) is 0 Å². The fourth-order valence-electron chi connectivity index (χ4n) is 2.67. The number of ether oxygens (including phenoxy) is 2. The van der Waals surface area contributed by atoms with Gasteiger partial charge in [-0.25, -0.2) is 9.59 Å². The number of hydrogen-bond acceptors (Lipinski definition) is 10. The molecule has 176 valence electrons. The number of carbonyl (C=O) groups excluding carboxylic acids is 1. The van der Waals surface area contributed by atoms with Gasteiger partial charge in [-0.1, -0.05) is 18.2 Å². The number of rotatable bonds is 12. The predicted molar refractivity (Wildman–Crippen MR) is 116 cm³/mol. The van der Waals surface area contributed by atoms with Gasteiger partial charge < -0.3 is 34.3 Å². The van der Waals surface area contributed by atoms with E-state index in [-0.39, 0.29) is 31.6 Å². The van der Waals surface area contributed by atoms with E-state index in [4.69, 9.17) is 24.3 Å². The molecule has 0 aliphatic rings. The second-order valence-corrected chi connectivity index (χ2v) is 8.03. The fraction of sp³-hybridized carbons (Fsp3) is 0.450. The van der Waals surface area contributed by atoms with E-state index in [0.29, 0.717) is 11.1 Å². The molecule has 32 heavy (non-hydrogen) atoms. The Morgan fingerprint density at radius 3 is 2.62 bits per heavy atom. The van der Waals surface area contributed by atoms with E-state index in [1.807, 2.05) is 0 Å². The lowest BCUT2D eigenvalue weighted by Crippen LogP contribution is -2.31. The standard InChI is InChI=1S/C20H28N3O8P/c1-13(2)31-19(25)16-7-5-4-6-14(16)11-29-32(27)30-12-15(28-3)10-18(24)23-9-8-17(21)22-20(23)26/h4-9,13,15,18,24,27H,10-12H2,1-3H3,(H2,21,22,26). The van der Waals surface area contributed by atoms with E-state index in [1.54, 1.807) is 38.1 Å². The second-order valence-electron chi connectivity index (χ2n) is 7.03. The van der Waals surface area contributed by atoms with E-state index >= 15 is 0 Å². The molecule has 0 aliphatic carbocycles. The Hall–Kier alpha value is -2.40. The Morgan fingerprint density at radius 1 is 1.25 bits per heavy atom. The van der Waals surface area contributed by atoms with Gasteiger partial charge >= 0.3 is 20.3 Å². The number of anilines is 1. The van der Waals surface area contributed by atoms with Crippen molar-refractivity contribution in [3.05, 3.63) is 58.1 Å². The number of nitrogens with zero attached hydrogens (tertiary/aromatic N) is 2. The summed E-state index contributed by atoms with van der Waals surface area (Å²) in [6.45, 7) is 3.32. The highest BCUT2D eigenvalue weighted by Crippen LogP contribution is 2.35. The molecule has 0 bridgehead atoms. The third-order valence-corrected chi connectivity index (χ3v) is 4.98. The number of carbonyl (C=O) groups is 1. The van der Waals surface area contributed by atoms with Crippen LogP contribution in [0, 0.1) is 0 Å². The third kappa shape index (κ3) is 7.94. The highest BCUT2D eigenvalue weighted by Gasteiger charge is 2.20. The van der Waals surface area contributed by atoms with Crippen LogP contribution in [0.15, 0.2) is 41.3 Å². The molecule has 11 nitrogen and oxygen atoms in total. The molecule has 12 heteroatoms. The van der Waals surface area contributed by atoms with Crippen LogP contribution in [0.3, 0.4) is 0 Å². The van der Waals surface area contributed by atoms with Crippen molar-refractivity contribution in [2.24, 2.45) is 0 Å².